The van der Waals surface area contributed by atoms with Crippen molar-refractivity contribution in [3.63, 3.8) is 0 Å². The van der Waals surface area contributed by atoms with Crippen molar-refractivity contribution in [2.45, 2.75) is 13.2 Å². The lowest BCUT2D eigenvalue weighted by atomic mass is 9.96. The van der Waals surface area contributed by atoms with Crippen LogP contribution < -0.4 is 10.1 Å². The lowest BCUT2D eigenvalue weighted by molar-refractivity contribution is 0.0600. The largest absolute Gasteiger partial charge is 0.487 e. The summed E-state index contributed by atoms with van der Waals surface area (Å²) in [6.07, 6.45) is 3.42. The van der Waals surface area contributed by atoms with Gasteiger partial charge < -0.3 is 14.8 Å². The molecule has 0 radical (unpaired) electrons. The maximum absolute atomic E-state index is 12.6. The number of methoxy groups -OCH3 is 1. The quantitative estimate of drug-likeness (QED) is 0.709. The summed E-state index contributed by atoms with van der Waals surface area (Å²) in [5, 5.41) is 2.88. The minimum Gasteiger partial charge on any atom is -0.487 e. The molecule has 1 amide bonds. The zero-order chi connectivity index (χ0) is 19.5. The molecule has 0 bridgehead atoms. The Bertz CT molecular complexity index is 1060. The highest BCUT2D eigenvalue weighted by Gasteiger charge is 2.18. The number of amides is 1. The van der Waals surface area contributed by atoms with Gasteiger partial charge in [-0.15, -0.1) is 0 Å². The van der Waals surface area contributed by atoms with Crippen LogP contribution in [0.4, 0.5) is 0 Å². The zero-order valence-electron chi connectivity index (χ0n) is 15.3. The van der Waals surface area contributed by atoms with Crippen LogP contribution in [0.15, 0.2) is 60.9 Å². The smallest absolute Gasteiger partial charge is 0.337 e. The standard InChI is InChI=1S/C22H18N2O4/c1-27-22(26)16-4-2-3-14(9-16)11-24-21(25)15-5-6-18-17(10-15)13-28-20-12-23-8-7-19(18)20/h2-10,12H,11,13H2,1H3,(H,24,25). The van der Waals surface area contributed by atoms with Crippen LogP contribution in [0, 0.1) is 0 Å². The van der Waals surface area contributed by atoms with Gasteiger partial charge in [0.1, 0.15) is 12.4 Å². The highest BCUT2D eigenvalue weighted by molar-refractivity contribution is 5.95. The van der Waals surface area contributed by atoms with Crippen molar-refractivity contribution < 1.29 is 19.1 Å². The van der Waals surface area contributed by atoms with E-state index in [1.165, 1.54) is 7.11 Å². The molecule has 4 rings (SSSR count). The van der Waals surface area contributed by atoms with Crippen molar-refractivity contribution in [2.24, 2.45) is 0 Å². The van der Waals surface area contributed by atoms with Gasteiger partial charge >= 0.3 is 5.97 Å². The summed E-state index contributed by atoms with van der Waals surface area (Å²) < 4.78 is 10.4. The number of pyridine rings is 1. The predicted octanol–water partition coefficient (Wildman–Crippen LogP) is 3.36. The molecule has 0 spiro atoms. The second-order valence-corrected chi connectivity index (χ2v) is 6.41. The fourth-order valence-electron chi connectivity index (χ4n) is 3.20. The molecule has 1 aromatic heterocycles. The van der Waals surface area contributed by atoms with Gasteiger partial charge in [-0.2, -0.15) is 0 Å². The Morgan fingerprint density at radius 1 is 1.11 bits per heavy atom. The van der Waals surface area contributed by atoms with E-state index in [9.17, 15) is 9.59 Å². The van der Waals surface area contributed by atoms with Crippen LogP contribution in [0.25, 0.3) is 11.1 Å². The number of nitrogens with one attached hydrogen (secondary N) is 1. The summed E-state index contributed by atoms with van der Waals surface area (Å²) in [5.41, 5.74) is 4.81. The molecule has 0 unspecified atom stereocenters. The summed E-state index contributed by atoms with van der Waals surface area (Å²) >= 11 is 0. The molecular formula is C22H18N2O4. The Kier molecular flexibility index (Phi) is 4.76. The molecule has 1 N–H and O–H groups in total. The molecule has 140 valence electrons. The summed E-state index contributed by atoms with van der Waals surface area (Å²) in [6, 6.07) is 14.5. The molecule has 3 aromatic rings. The van der Waals surface area contributed by atoms with Crippen LogP contribution in [0.5, 0.6) is 5.75 Å². The van der Waals surface area contributed by atoms with E-state index < -0.39 is 5.97 Å². The lowest BCUT2D eigenvalue weighted by Gasteiger charge is -2.20. The van der Waals surface area contributed by atoms with Gasteiger partial charge in [0.25, 0.3) is 5.91 Å². The minimum atomic E-state index is -0.404. The third-order valence-electron chi connectivity index (χ3n) is 4.63. The monoisotopic (exact) mass is 374 g/mol. The van der Waals surface area contributed by atoms with E-state index in [1.54, 1.807) is 36.7 Å². The number of hydrogen-bond acceptors (Lipinski definition) is 5. The Hall–Kier alpha value is -3.67. The second-order valence-electron chi connectivity index (χ2n) is 6.41. The Balaban J connectivity index is 1.49. The number of nitrogens with zero attached hydrogens (tertiary/aromatic N) is 1. The van der Waals surface area contributed by atoms with Gasteiger partial charge in [-0.1, -0.05) is 18.2 Å². The van der Waals surface area contributed by atoms with Gasteiger partial charge in [-0.3, -0.25) is 9.78 Å². The number of hydrogen-bond donors (Lipinski definition) is 1. The van der Waals surface area contributed by atoms with E-state index in [1.807, 2.05) is 24.3 Å². The van der Waals surface area contributed by atoms with Gasteiger partial charge in [0, 0.05) is 23.9 Å². The van der Waals surface area contributed by atoms with E-state index >= 15 is 0 Å². The number of aromatic nitrogens is 1. The van der Waals surface area contributed by atoms with E-state index in [4.69, 9.17) is 9.47 Å². The zero-order valence-corrected chi connectivity index (χ0v) is 15.3. The number of esters is 1. The third kappa shape index (κ3) is 3.44. The van der Waals surface area contributed by atoms with Gasteiger partial charge in [-0.25, -0.2) is 4.79 Å². The summed E-state index contributed by atoms with van der Waals surface area (Å²) in [4.78, 5) is 28.3. The molecular weight excluding hydrogens is 356 g/mol. The number of carbonyl (C=O) groups is 2. The van der Waals surface area contributed by atoms with Gasteiger partial charge in [0.2, 0.25) is 0 Å². The minimum absolute atomic E-state index is 0.188. The number of ether oxygens (including phenoxy) is 2. The van der Waals surface area contributed by atoms with Crippen molar-refractivity contribution in [2.75, 3.05) is 7.11 Å². The first-order valence-corrected chi connectivity index (χ1v) is 8.81. The van der Waals surface area contributed by atoms with Gasteiger partial charge in [0.05, 0.1) is 18.9 Å². The normalized spacial score (nSPS) is 11.6. The van der Waals surface area contributed by atoms with Crippen LogP contribution >= 0.6 is 0 Å². The molecule has 6 heteroatoms. The van der Waals surface area contributed by atoms with E-state index in [0.717, 1.165) is 28.0 Å². The van der Waals surface area contributed by atoms with Gasteiger partial charge in [0.15, 0.2) is 0 Å². The average molecular weight is 374 g/mol. The number of benzene rings is 2. The molecule has 2 aromatic carbocycles. The van der Waals surface area contributed by atoms with Gasteiger partial charge in [-0.05, 0) is 47.0 Å². The van der Waals surface area contributed by atoms with Crippen molar-refractivity contribution in [1.82, 2.24) is 10.3 Å². The number of carbonyl (C=O) groups excluding carboxylic acids is 2. The highest BCUT2D eigenvalue weighted by Crippen LogP contribution is 2.36. The molecule has 1 aliphatic heterocycles. The van der Waals surface area contributed by atoms with Crippen LogP contribution in [0.3, 0.4) is 0 Å². The molecule has 2 heterocycles. The fraction of sp³-hybridized carbons (Fsp3) is 0.136. The molecule has 0 saturated heterocycles. The topological polar surface area (TPSA) is 77.5 Å². The Labute approximate surface area is 162 Å². The lowest BCUT2D eigenvalue weighted by Crippen LogP contribution is -2.23. The maximum Gasteiger partial charge on any atom is 0.337 e. The summed E-state index contributed by atoms with van der Waals surface area (Å²) in [7, 11) is 1.34. The van der Waals surface area contributed by atoms with Crippen LogP contribution in [-0.2, 0) is 17.9 Å². The first-order chi connectivity index (χ1) is 13.7. The first kappa shape index (κ1) is 17.7. The SMILES string of the molecule is COC(=O)c1cccc(CNC(=O)c2ccc3c(c2)COc2cnccc2-3)c1. The van der Waals surface area contributed by atoms with E-state index in [0.29, 0.717) is 24.3 Å². The maximum atomic E-state index is 12.6. The highest BCUT2D eigenvalue weighted by atomic mass is 16.5. The summed E-state index contributed by atoms with van der Waals surface area (Å²) in [6.45, 7) is 0.710. The molecule has 6 nitrogen and oxygen atoms in total. The molecule has 0 atom stereocenters. The molecule has 1 aliphatic rings. The molecule has 0 aliphatic carbocycles. The van der Waals surface area contributed by atoms with E-state index in [2.05, 4.69) is 10.3 Å². The second kappa shape index (κ2) is 7.52. The third-order valence-corrected chi connectivity index (χ3v) is 4.63. The van der Waals surface area contributed by atoms with Crippen molar-refractivity contribution in [3.8, 4) is 16.9 Å². The number of fused-ring (bicyclic) bond motifs is 3. The average Bonchev–Trinajstić information content (AvgIpc) is 2.76. The van der Waals surface area contributed by atoms with Crippen molar-refractivity contribution in [3.05, 3.63) is 83.2 Å². The van der Waals surface area contributed by atoms with Crippen LogP contribution in [0.2, 0.25) is 0 Å². The molecule has 0 fully saturated rings. The first-order valence-electron chi connectivity index (χ1n) is 8.81. The number of rotatable bonds is 4. The van der Waals surface area contributed by atoms with Crippen molar-refractivity contribution in [1.29, 1.82) is 0 Å². The van der Waals surface area contributed by atoms with Crippen LogP contribution in [0.1, 0.15) is 31.8 Å². The van der Waals surface area contributed by atoms with E-state index in [-0.39, 0.29) is 5.91 Å². The summed E-state index contributed by atoms with van der Waals surface area (Å²) in [5.74, 6) is 0.155. The fourth-order valence-corrected chi connectivity index (χ4v) is 3.20. The van der Waals surface area contributed by atoms with Crippen LogP contribution in [-0.4, -0.2) is 24.0 Å². The molecule has 0 saturated carbocycles. The Morgan fingerprint density at radius 3 is 2.86 bits per heavy atom. The molecule has 28 heavy (non-hydrogen) atoms. The van der Waals surface area contributed by atoms with Crippen molar-refractivity contribution >= 4 is 11.9 Å². The predicted molar refractivity (Wildman–Crippen MR) is 103 cm³/mol. The Morgan fingerprint density at radius 2 is 2.00 bits per heavy atom.